The van der Waals surface area contributed by atoms with Gasteiger partial charge in [-0.1, -0.05) is 78.9 Å². The first kappa shape index (κ1) is 28.5. The lowest BCUT2D eigenvalue weighted by Gasteiger charge is -2.27. The number of esters is 1. The minimum atomic E-state index is -0.381. The van der Waals surface area contributed by atoms with Crippen molar-refractivity contribution in [3.8, 4) is 11.1 Å². The predicted molar refractivity (Wildman–Crippen MR) is 182 cm³/mol. The number of hydrogen-bond acceptors (Lipinski definition) is 4. The number of carbonyl (C=O) groups excluding carboxylic acids is 1. The van der Waals surface area contributed by atoms with Gasteiger partial charge in [0.2, 0.25) is 0 Å². The van der Waals surface area contributed by atoms with Crippen LogP contribution in [0.4, 0.5) is 34.1 Å². The summed E-state index contributed by atoms with van der Waals surface area (Å²) in [6.07, 6.45) is 0. The van der Waals surface area contributed by atoms with Crippen LogP contribution >= 0.6 is 0 Å². The van der Waals surface area contributed by atoms with Crippen molar-refractivity contribution < 1.29 is 9.53 Å². The molecule has 4 heteroatoms. The van der Waals surface area contributed by atoms with Gasteiger partial charge in [0.15, 0.2) is 0 Å². The van der Waals surface area contributed by atoms with Crippen LogP contribution in [0.2, 0.25) is 0 Å². The molecule has 0 aromatic heterocycles. The first-order chi connectivity index (χ1) is 21.5. The molecular formula is C40H34N2O2. The maximum Gasteiger partial charge on any atom is 0.338 e. The molecule has 0 aliphatic rings. The van der Waals surface area contributed by atoms with E-state index >= 15 is 0 Å². The van der Waals surface area contributed by atoms with E-state index in [1.165, 1.54) is 12.7 Å². The second-order valence-corrected chi connectivity index (χ2v) is 10.8. The highest BCUT2D eigenvalue weighted by molar-refractivity contribution is 5.99. The van der Waals surface area contributed by atoms with Crippen LogP contribution in [-0.2, 0) is 4.74 Å². The maximum absolute atomic E-state index is 13.2. The average molecular weight is 575 g/mol. The summed E-state index contributed by atoms with van der Waals surface area (Å²) in [5.41, 5.74) is 10.7. The number of anilines is 6. The van der Waals surface area contributed by atoms with Crippen LogP contribution in [0.3, 0.4) is 0 Å². The quantitative estimate of drug-likeness (QED) is 0.169. The third kappa shape index (κ3) is 5.97. The second kappa shape index (κ2) is 12.7. The topological polar surface area (TPSA) is 32.8 Å². The fraction of sp³-hybridized carbons (Fsp3) is 0.0750. The Morgan fingerprint density at radius 1 is 0.477 bits per heavy atom. The lowest BCUT2D eigenvalue weighted by Crippen LogP contribution is -2.12. The Hall–Kier alpha value is -5.61. The SMILES string of the molecule is COC(=O)c1cc(N(c2ccccc2)c2cccc(C)c2)ccc1-c1ccc(N(c2ccccc2)c2cccc(C)c2)cc1. The van der Waals surface area contributed by atoms with Gasteiger partial charge in [-0.3, -0.25) is 0 Å². The van der Waals surface area contributed by atoms with Crippen LogP contribution in [-0.4, -0.2) is 13.1 Å². The molecular weight excluding hydrogens is 540 g/mol. The van der Waals surface area contributed by atoms with E-state index in [4.69, 9.17) is 4.74 Å². The van der Waals surface area contributed by atoms with Crippen molar-refractivity contribution in [2.24, 2.45) is 0 Å². The van der Waals surface area contributed by atoms with E-state index in [0.29, 0.717) is 5.56 Å². The van der Waals surface area contributed by atoms with E-state index < -0.39 is 0 Å². The van der Waals surface area contributed by atoms with Crippen molar-refractivity contribution in [1.82, 2.24) is 0 Å². The van der Waals surface area contributed by atoms with Gasteiger partial charge in [-0.2, -0.15) is 0 Å². The molecule has 0 aliphatic heterocycles. The van der Waals surface area contributed by atoms with Crippen molar-refractivity contribution in [2.45, 2.75) is 13.8 Å². The van der Waals surface area contributed by atoms with E-state index in [1.54, 1.807) is 0 Å². The number of ether oxygens (including phenoxy) is 1. The smallest absolute Gasteiger partial charge is 0.338 e. The minimum absolute atomic E-state index is 0.381. The molecule has 0 heterocycles. The van der Waals surface area contributed by atoms with Gasteiger partial charge >= 0.3 is 5.97 Å². The van der Waals surface area contributed by atoms with Gasteiger partial charge in [0.05, 0.1) is 12.7 Å². The number of carbonyl (C=O) groups is 1. The molecule has 0 bridgehead atoms. The van der Waals surface area contributed by atoms with Crippen molar-refractivity contribution in [3.63, 3.8) is 0 Å². The summed E-state index contributed by atoms with van der Waals surface area (Å²) in [5.74, 6) is -0.381. The van der Waals surface area contributed by atoms with Gasteiger partial charge in [-0.05, 0) is 109 Å². The molecule has 6 aromatic carbocycles. The summed E-state index contributed by atoms with van der Waals surface area (Å²) in [4.78, 5) is 17.6. The molecule has 4 nitrogen and oxygen atoms in total. The third-order valence-electron chi connectivity index (χ3n) is 7.65. The number of para-hydroxylation sites is 2. The van der Waals surface area contributed by atoms with Gasteiger partial charge in [-0.25, -0.2) is 4.79 Å². The summed E-state index contributed by atoms with van der Waals surface area (Å²) < 4.78 is 5.29. The standard InChI is InChI=1S/C40H34N2O2/c1-29-12-10-18-35(26-29)41(32-14-6-4-7-15-32)34-22-20-31(21-23-34)38-25-24-37(28-39(38)40(43)44-3)42(33-16-8-5-9-17-33)36-19-11-13-30(2)27-36/h4-28H,1-3H3. The first-order valence-corrected chi connectivity index (χ1v) is 14.7. The van der Waals surface area contributed by atoms with E-state index in [9.17, 15) is 4.79 Å². The van der Waals surface area contributed by atoms with Crippen LogP contribution in [0.1, 0.15) is 21.5 Å². The number of aryl methyl sites for hydroxylation is 2. The van der Waals surface area contributed by atoms with Gasteiger partial charge in [0.25, 0.3) is 0 Å². The lowest BCUT2D eigenvalue weighted by atomic mass is 9.97. The summed E-state index contributed by atoms with van der Waals surface area (Å²) in [6.45, 7) is 4.18. The van der Waals surface area contributed by atoms with Crippen molar-refractivity contribution >= 4 is 40.1 Å². The second-order valence-electron chi connectivity index (χ2n) is 10.8. The molecule has 6 rings (SSSR count). The number of nitrogens with zero attached hydrogens (tertiary/aromatic N) is 2. The van der Waals surface area contributed by atoms with E-state index in [-0.39, 0.29) is 5.97 Å². The molecule has 0 unspecified atom stereocenters. The Balaban J connectivity index is 1.43. The Kier molecular flexibility index (Phi) is 8.24. The Labute approximate surface area is 259 Å². The van der Waals surface area contributed by atoms with Gasteiger partial charge in [-0.15, -0.1) is 0 Å². The van der Waals surface area contributed by atoms with Crippen molar-refractivity contribution in [3.05, 3.63) is 168 Å². The summed E-state index contributed by atoms with van der Waals surface area (Å²) >= 11 is 0. The molecule has 0 radical (unpaired) electrons. The Bertz CT molecular complexity index is 1880. The lowest BCUT2D eigenvalue weighted by molar-refractivity contribution is 0.0601. The normalized spacial score (nSPS) is 10.7. The van der Waals surface area contributed by atoms with Gasteiger partial charge in [0.1, 0.15) is 0 Å². The van der Waals surface area contributed by atoms with Crippen LogP contribution in [0.15, 0.2) is 152 Å². The monoisotopic (exact) mass is 574 g/mol. The predicted octanol–water partition coefficient (Wildman–Crippen LogP) is 10.7. The summed E-state index contributed by atoms with van der Waals surface area (Å²) in [7, 11) is 1.43. The average Bonchev–Trinajstić information content (AvgIpc) is 3.06. The molecule has 0 amide bonds. The molecule has 216 valence electrons. The largest absolute Gasteiger partial charge is 0.465 e. The van der Waals surface area contributed by atoms with Crippen LogP contribution in [0.5, 0.6) is 0 Å². The third-order valence-corrected chi connectivity index (χ3v) is 7.65. The molecule has 0 saturated carbocycles. The molecule has 44 heavy (non-hydrogen) atoms. The number of benzene rings is 6. The van der Waals surface area contributed by atoms with Crippen LogP contribution in [0, 0.1) is 13.8 Å². The molecule has 6 aromatic rings. The van der Waals surface area contributed by atoms with Crippen molar-refractivity contribution in [2.75, 3.05) is 16.9 Å². The zero-order chi connectivity index (χ0) is 30.5. The molecule has 0 atom stereocenters. The molecule has 0 saturated heterocycles. The number of hydrogen-bond donors (Lipinski definition) is 0. The van der Waals surface area contributed by atoms with E-state index in [2.05, 4.69) is 121 Å². The first-order valence-electron chi connectivity index (χ1n) is 14.7. The fourth-order valence-electron chi connectivity index (χ4n) is 5.57. The Morgan fingerprint density at radius 3 is 1.41 bits per heavy atom. The Morgan fingerprint density at radius 2 is 0.909 bits per heavy atom. The van der Waals surface area contributed by atoms with Gasteiger partial charge in [0, 0.05) is 34.1 Å². The maximum atomic E-state index is 13.2. The zero-order valence-corrected chi connectivity index (χ0v) is 25.1. The van der Waals surface area contributed by atoms with E-state index in [1.807, 2.05) is 54.6 Å². The molecule has 0 spiro atoms. The zero-order valence-electron chi connectivity index (χ0n) is 25.1. The van der Waals surface area contributed by atoms with Crippen LogP contribution < -0.4 is 9.80 Å². The van der Waals surface area contributed by atoms with Gasteiger partial charge < -0.3 is 14.5 Å². The number of methoxy groups -OCH3 is 1. The molecule has 0 aliphatic carbocycles. The minimum Gasteiger partial charge on any atom is -0.465 e. The number of rotatable bonds is 8. The highest BCUT2D eigenvalue weighted by atomic mass is 16.5. The van der Waals surface area contributed by atoms with E-state index in [0.717, 1.165) is 50.8 Å². The summed E-state index contributed by atoms with van der Waals surface area (Å²) in [5, 5.41) is 0. The molecule has 0 fully saturated rings. The highest BCUT2D eigenvalue weighted by Crippen LogP contribution is 2.39. The van der Waals surface area contributed by atoms with Crippen LogP contribution in [0.25, 0.3) is 11.1 Å². The highest BCUT2D eigenvalue weighted by Gasteiger charge is 2.20. The van der Waals surface area contributed by atoms with Crippen molar-refractivity contribution in [1.29, 1.82) is 0 Å². The fourth-order valence-corrected chi connectivity index (χ4v) is 5.57. The molecule has 0 N–H and O–H groups in total. The summed E-state index contributed by atoms with van der Waals surface area (Å²) in [6, 6.07) is 51.7.